The fourth-order valence-electron chi connectivity index (χ4n) is 5.57. The van der Waals surface area contributed by atoms with Gasteiger partial charge in [0.15, 0.2) is 0 Å². The van der Waals surface area contributed by atoms with Crippen molar-refractivity contribution in [2.24, 2.45) is 11.8 Å². The Morgan fingerprint density at radius 3 is 1.79 bits per heavy atom. The Labute approximate surface area is 225 Å². The average Bonchev–Trinajstić information content (AvgIpc) is 2.93. The number of para-hydroxylation sites is 2. The Morgan fingerprint density at radius 2 is 1.26 bits per heavy atom. The molecule has 0 radical (unpaired) electrons. The van der Waals surface area contributed by atoms with Gasteiger partial charge < -0.3 is 19.3 Å². The first-order valence-electron chi connectivity index (χ1n) is 12.5. The highest BCUT2D eigenvalue weighted by molar-refractivity contribution is 5.86. The van der Waals surface area contributed by atoms with Gasteiger partial charge in [0.25, 0.3) is 0 Å². The van der Waals surface area contributed by atoms with Gasteiger partial charge in [-0.25, -0.2) is 4.39 Å². The van der Waals surface area contributed by atoms with Crippen LogP contribution in [-0.2, 0) is 9.59 Å². The van der Waals surface area contributed by atoms with Crippen molar-refractivity contribution in [3.05, 3.63) is 114 Å². The lowest BCUT2D eigenvalue weighted by atomic mass is 9.52. The molecule has 0 saturated heterocycles. The lowest BCUT2D eigenvalue weighted by Gasteiger charge is -2.49. The van der Waals surface area contributed by atoms with Crippen molar-refractivity contribution in [2.45, 2.75) is 11.8 Å². The molecule has 1 aliphatic carbocycles. The molecule has 0 bridgehead atoms. The molecule has 1 N–H and O–H groups in total. The van der Waals surface area contributed by atoms with Crippen LogP contribution in [0.4, 0.5) is 4.39 Å². The first-order valence-corrected chi connectivity index (χ1v) is 12.5. The van der Waals surface area contributed by atoms with Crippen LogP contribution in [0.3, 0.4) is 0 Å². The minimum atomic E-state index is -1.02. The number of carbonyl (C=O) groups excluding carboxylic acids is 1. The number of rotatable bonds is 8. The van der Waals surface area contributed by atoms with Crippen molar-refractivity contribution in [1.82, 2.24) is 0 Å². The number of esters is 1. The molecule has 0 aliphatic heterocycles. The molecule has 39 heavy (non-hydrogen) atoms. The Morgan fingerprint density at radius 1 is 0.692 bits per heavy atom. The zero-order chi connectivity index (χ0) is 27.5. The molecule has 198 valence electrons. The summed E-state index contributed by atoms with van der Waals surface area (Å²) in [4.78, 5) is 26.5. The second-order valence-electron chi connectivity index (χ2n) is 9.38. The predicted octanol–water partition coefficient (Wildman–Crippen LogP) is 6.31. The van der Waals surface area contributed by atoms with E-state index in [1.807, 2.05) is 6.07 Å². The molecule has 0 unspecified atom stereocenters. The topological polar surface area (TPSA) is 82.1 Å². The monoisotopic (exact) mass is 526 g/mol. The number of halogens is 1. The lowest BCUT2D eigenvalue weighted by Crippen LogP contribution is -2.52. The number of carboxylic acid groups (broad SMARTS) is 1. The molecule has 0 amide bonds. The van der Waals surface area contributed by atoms with E-state index >= 15 is 0 Å². The van der Waals surface area contributed by atoms with Gasteiger partial charge in [0, 0.05) is 11.8 Å². The molecule has 7 heteroatoms. The second-order valence-corrected chi connectivity index (χ2v) is 9.38. The van der Waals surface area contributed by atoms with Crippen LogP contribution in [0.15, 0.2) is 97.1 Å². The summed E-state index contributed by atoms with van der Waals surface area (Å²) >= 11 is 0. The number of hydrogen-bond donors (Lipinski definition) is 1. The van der Waals surface area contributed by atoms with Crippen LogP contribution in [0, 0.1) is 17.7 Å². The quantitative estimate of drug-likeness (QED) is 0.214. The summed E-state index contributed by atoms with van der Waals surface area (Å²) in [5.41, 5.74) is 2.77. The molecule has 1 saturated carbocycles. The summed E-state index contributed by atoms with van der Waals surface area (Å²) in [6.45, 7) is 0. The zero-order valence-electron chi connectivity index (χ0n) is 21.4. The van der Waals surface area contributed by atoms with Gasteiger partial charge in [0.1, 0.15) is 23.1 Å². The van der Waals surface area contributed by atoms with Crippen LogP contribution >= 0.6 is 0 Å². The Kier molecular flexibility index (Phi) is 7.32. The molecule has 4 aromatic carbocycles. The predicted molar refractivity (Wildman–Crippen MR) is 144 cm³/mol. The molecule has 5 rings (SSSR count). The number of methoxy groups -OCH3 is 2. The average molecular weight is 527 g/mol. The van der Waals surface area contributed by atoms with Gasteiger partial charge in [0.2, 0.25) is 0 Å². The van der Waals surface area contributed by atoms with E-state index in [0.717, 1.165) is 11.1 Å². The molecule has 0 aromatic heterocycles. The second kappa shape index (κ2) is 11.0. The van der Waals surface area contributed by atoms with E-state index in [1.165, 1.54) is 26.4 Å². The maximum Gasteiger partial charge on any atom is 0.315 e. The zero-order valence-corrected chi connectivity index (χ0v) is 21.4. The van der Waals surface area contributed by atoms with Crippen molar-refractivity contribution < 1.29 is 33.3 Å². The molecule has 1 aliphatic rings. The van der Waals surface area contributed by atoms with Gasteiger partial charge in [-0.2, -0.15) is 0 Å². The maximum atomic E-state index is 13.9. The van der Waals surface area contributed by atoms with Crippen LogP contribution < -0.4 is 14.2 Å². The normalized spacial score (nSPS) is 20.0. The summed E-state index contributed by atoms with van der Waals surface area (Å²) in [5.74, 6) is -3.75. The number of hydrogen-bond acceptors (Lipinski definition) is 5. The third-order valence-corrected chi connectivity index (χ3v) is 7.33. The standard InChI is InChI=1S/C32H27FO6/c1-37-25-12-5-3-10-23(25)27-29(31(34)35)28(24-11-4-6-13-26(24)38-2)30(27)32(36)39-22-9-7-8-20(18-22)19-14-16-21(33)17-15-19/h3-18,27-30H,1-2H3,(H,34,35)/t27-,28-,29-,30-/m0/s1. The van der Waals surface area contributed by atoms with E-state index in [0.29, 0.717) is 28.4 Å². The fraction of sp³-hybridized carbons (Fsp3) is 0.188. The minimum absolute atomic E-state index is 0.304. The van der Waals surface area contributed by atoms with E-state index in [-0.39, 0.29) is 5.82 Å². The number of aliphatic carboxylic acids is 1. The molecular formula is C32H27FO6. The highest BCUT2D eigenvalue weighted by atomic mass is 19.1. The smallest absolute Gasteiger partial charge is 0.315 e. The first kappa shape index (κ1) is 26.0. The van der Waals surface area contributed by atoms with Crippen LogP contribution in [0.25, 0.3) is 11.1 Å². The Balaban J connectivity index is 1.55. The van der Waals surface area contributed by atoms with Crippen molar-refractivity contribution in [1.29, 1.82) is 0 Å². The van der Waals surface area contributed by atoms with E-state index < -0.39 is 35.6 Å². The van der Waals surface area contributed by atoms with Gasteiger partial charge in [-0.05, 0) is 58.7 Å². The van der Waals surface area contributed by atoms with Crippen molar-refractivity contribution in [3.8, 4) is 28.4 Å². The summed E-state index contributed by atoms with van der Waals surface area (Å²) in [7, 11) is 3.03. The Hall–Kier alpha value is -4.65. The molecule has 6 nitrogen and oxygen atoms in total. The van der Waals surface area contributed by atoms with E-state index in [4.69, 9.17) is 14.2 Å². The largest absolute Gasteiger partial charge is 0.496 e. The molecule has 2 atom stereocenters. The minimum Gasteiger partial charge on any atom is -0.496 e. The van der Waals surface area contributed by atoms with Crippen LogP contribution in [0.2, 0.25) is 0 Å². The van der Waals surface area contributed by atoms with Crippen molar-refractivity contribution >= 4 is 11.9 Å². The van der Waals surface area contributed by atoms with Gasteiger partial charge in [-0.15, -0.1) is 0 Å². The number of carboxylic acids is 1. The van der Waals surface area contributed by atoms with Crippen molar-refractivity contribution in [3.63, 3.8) is 0 Å². The van der Waals surface area contributed by atoms with E-state index in [9.17, 15) is 19.1 Å². The highest BCUT2D eigenvalue weighted by Crippen LogP contribution is 2.60. The lowest BCUT2D eigenvalue weighted by molar-refractivity contribution is -0.158. The van der Waals surface area contributed by atoms with Crippen LogP contribution in [-0.4, -0.2) is 31.3 Å². The molecule has 0 heterocycles. The third-order valence-electron chi connectivity index (χ3n) is 7.33. The fourth-order valence-corrected chi connectivity index (χ4v) is 5.57. The van der Waals surface area contributed by atoms with E-state index in [1.54, 1.807) is 78.9 Å². The molecular weight excluding hydrogens is 499 g/mol. The number of ether oxygens (including phenoxy) is 3. The molecule has 4 aromatic rings. The number of carbonyl (C=O) groups is 2. The number of benzene rings is 4. The summed E-state index contributed by atoms with van der Waals surface area (Å²) < 4.78 is 30.4. The van der Waals surface area contributed by atoms with Gasteiger partial charge in [-0.1, -0.05) is 60.7 Å². The van der Waals surface area contributed by atoms with Gasteiger partial charge in [-0.3, -0.25) is 9.59 Å². The third kappa shape index (κ3) is 4.95. The molecule has 0 spiro atoms. The van der Waals surface area contributed by atoms with Crippen LogP contribution in [0.1, 0.15) is 23.0 Å². The van der Waals surface area contributed by atoms with Crippen molar-refractivity contribution in [2.75, 3.05) is 14.2 Å². The Bertz CT molecular complexity index is 1440. The summed E-state index contributed by atoms with van der Waals surface area (Å²) in [5, 5.41) is 10.3. The van der Waals surface area contributed by atoms with Crippen LogP contribution in [0.5, 0.6) is 17.2 Å². The van der Waals surface area contributed by atoms with E-state index in [2.05, 4.69) is 0 Å². The van der Waals surface area contributed by atoms with Gasteiger partial charge >= 0.3 is 11.9 Å². The molecule has 1 fully saturated rings. The summed E-state index contributed by atoms with van der Waals surface area (Å²) in [6.07, 6.45) is 0. The summed E-state index contributed by atoms with van der Waals surface area (Å²) in [6, 6.07) is 27.2. The SMILES string of the molecule is COc1ccccc1[C@H]1[C@H](C(=O)O)[C@H](c2ccccc2OC)[C@H]1C(=O)Oc1cccc(-c2ccc(F)cc2)c1. The first-order chi connectivity index (χ1) is 18.9. The maximum absolute atomic E-state index is 13.9. The highest BCUT2D eigenvalue weighted by Gasteiger charge is 2.60. The van der Waals surface area contributed by atoms with Gasteiger partial charge in [0.05, 0.1) is 26.1 Å².